The van der Waals surface area contributed by atoms with Gasteiger partial charge in [-0.2, -0.15) is 10.1 Å². The van der Waals surface area contributed by atoms with E-state index in [1.54, 1.807) is 17.0 Å². The molecule has 4 nitrogen and oxygen atoms in total. The van der Waals surface area contributed by atoms with E-state index in [1.807, 2.05) is 36.5 Å². The Labute approximate surface area is 98.6 Å². The quantitative estimate of drug-likeness (QED) is 0.593. The lowest BCUT2D eigenvalue weighted by molar-refractivity contribution is 0.556. The van der Waals surface area contributed by atoms with Crippen LogP contribution in [0, 0.1) is 0 Å². The molecule has 0 bridgehead atoms. The lowest BCUT2D eigenvalue weighted by Gasteiger charge is -2.02. The first-order valence-electron chi connectivity index (χ1n) is 5.54. The number of para-hydroxylation sites is 1. The highest BCUT2D eigenvalue weighted by molar-refractivity contribution is 5.41. The van der Waals surface area contributed by atoms with Gasteiger partial charge in [0.05, 0.1) is 11.9 Å². The van der Waals surface area contributed by atoms with Crippen molar-refractivity contribution in [1.29, 1.82) is 0 Å². The summed E-state index contributed by atoms with van der Waals surface area (Å²) in [5, 5.41) is 4.30. The Morgan fingerprint density at radius 2 is 2.06 bits per heavy atom. The zero-order valence-electron chi connectivity index (χ0n) is 9.21. The molecule has 1 heterocycles. The van der Waals surface area contributed by atoms with E-state index in [2.05, 4.69) is 10.1 Å². The van der Waals surface area contributed by atoms with Crippen molar-refractivity contribution in [3.8, 4) is 5.69 Å². The zero-order chi connectivity index (χ0) is 11.7. The van der Waals surface area contributed by atoms with Crippen LogP contribution < -0.4 is 0 Å². The van der Waals surface area contributed by atoms with Crippen LogP contribution in [0.1, 0.15) is 18.4 Å². The van der Waals surface area contributed by atoms with Crippen molar-refractivity contribution in [3.05, 3.63) is 48.3 Å². The number of aliphatic imine (C=N–C) groups is 1. The fourth-order valence-corrected chi connectivity index (χ4v) is 1.96. The van der Waals surface area contributed by atoms with E-state index in [0.717, 1.165) is 24.1 Å². The van der Waals surface area contributed by atoms with Gasteiger partial charge in [-0.05, 0) is 25.0 Å². The molecular weight excluding hydrogens is 214 g/mol. The molecule has 0 N–H and O–H groups in total. The summed E-state index contributed by atoms with van der Waals surface area (Å²) in [6, 6.07) is 9.87. The predicted molar refractivity (Wildman–Crippen MR) is 62.6 cm³/mol. The summed E-state index contributed by atoms with van der Waals surface area (Å²) in [5.41, 5.74) is 1.66. The van der Waals surface area contributed by atoms with Crippen LogP contribution in [0.2, 0.25) is 0 Å². The minimum absolute atomic E-state index is 0.339. The molecule has 2 aromatic rings. The van der Waals surface area contributed by atoms with Gasteiger partial charge in [0, 0.05) is 11.8 Å². The Hall–Kier alpha value is -2.19. The molecule has 1 aromatic heterocycles. The highest BCUT2D eigenvalue weighted by atomic mass is 16.1. The van der Waals surface area contributed by atoms with Crippen LogP contribution >= 0.6 is 0 Å². The standard InChI is InChI=1S/C13H11N3O/c17-10-14-13(6-7-13)11-8-15-16(9-11)12-4-2-1-3-5-12/h1-5,8-9H,6-7H2. The van der Waals surface area contributed by atoms with Gasteiger partial charge in [0.1, 0.15) is 5.54 Å². The van der Waals surface area contributed by atoms with Crippen LogP contribution in [0.15, 0.2) is 47.7 Å². The maximum Gasteiger partial charge on any atom is 0.235 e. The Bertz CT molecular complexity index is 578. The fraction of sp³-hybridized carbons (Fsp3) is 0.231. The van der Waals surface area contributed by atoms with E-state index in [0.29, 0.717) is 0 Å². The van der Waals surface area contributed by atoms with E-state index in [9.17, 15) is 4.79 Å². The minimum Gasteiger partial charge on any atom is -0.241 e. The van der Waals surface area contributed by atoms with Gasteiger partial charge in [-0.1, -0.05) is 18.2 Å². The summed E-state index contributed by atoms with van der Waals surface area (Å²) in [7, 11) is 0. The number of benzene rings is 1. The predicted octanol–water partition coefficient (Wildman–Crippen LogP) is 2.20. The maximum atomic E-state index is 10.4. The zero-order valence-corrected chi connectivity index (χ0v) is 9.21. The molecule has 1 aromatic carbocycles. The first-order valence-corrected chi connectivity index (χ1v) is 5.54. The second kappa shape index (κ2) is 3.68. The lowest BCUT2D eigenvalue weighted by Crippen LogP contribution is -2.00. The highest BCUT2D eigenvalue weighted by Gasteiger charge is 2.45. The van der Waals surface area contributed by atoms with Gasteiger partial charge in [-0.15, -0.1) is 0 Å². The van der Waals surface area contributed by atoms with Gasteiger partial charge in [0.15, 0.2) is 0 Å². The molecule has 1 fully saturated rings. The summed E-state index contributed by atoms with van der Waals surface area (Å²) < 4.78 is 1.80. The molecule has 17 heavy (non-hydrogen) atoms. The van der Waals surface area contributed by atoms with Gasteiger partial charge in [0.25, 0.3) is 0 Å². The lowest BCUT2D eigenvalue weighted by atomic mass is 10.1. The second-order valence-electron chi connectivity index (χ2n) is 4.24. The third-order valence-electron chi connectivity index (χ3n) is 3.12. The third-order valence-corrected chi connectivity index (χ3v) is 3.12. The number of hydrogen-bond acceptors (Lipinski definition) is 3. The normalized spacial score (nSPS) is 16.2. The molecule has 84 valence electrons. The van der Waals surface area contributed by atoms with Crippen LogP contribution in [0.25, 0.3) is 5.69 Å². The molecule has 1 aliphatic rings. The summed E-state index contributed by atoms with van der Waals surface area (Å²) in [4.78, 5) is 14.3. The SMILES string of the molecule is O=C=NC1(c2cnn(-c3ccccc3)c2)CC1. The van der Waals surface area contributed by atoms with Crippen molar-refractivity contribution in [1.82, 2.24) is 9.78 Å². The molecule has 0 amide bonds. The van der Waals surface area contributed by atoms with E-state index >= 15 is 0 Å². The van der Waals surface area contributed by atoms with Crippen LogP contribution in [0.5, 0.6) is 0 Å². The molecule has 0 radical (unpaired) electrons. The number of rotatable bonds is 3. The van der Waals surface area contributed by atoms with Crippen LogP contribution in [-0.2, 0) is 10.3 Å². The number of carbonyl (C=O) groups excluding carboxylic acids is 1. The maximum absolute atomic E-state index is 10.4. The monoisotopic (exact) mass is 225 g/mol. The van der Waals surface area contributed by atoms with Crippen molar-refractivity contribution in [3.63, 3.8) is 0 Å². The third kappa shape index (κ3) is 1.69. The van der Waals surface area contributed by atoms with Gasteiger partial charge >= 0.3 is 0 Å². The average molecular weight is 225 g/mol. The van der Waals surface area contributed by atoms with E-state index in [1.165, 1.54) is 0 Å². The van der Waals surface area contributed by atoms with E-state index < -0.39 is 0 Å². The Kier molecular flexibility index (Phi) is 2.16. The van der Waals surface area contributed by atoms with Crippen molar-refractivity contribution in [2.75, 3.05) is 0 Å². The molecule has 0 unspecified atom stereocenters. The first-order chi connectivity index (χ1) is 8.34. The number of aromatic nitrogens is 2. The molecule has 1 saturated carbocycles. The van der Waals surface area contributed by atoms with E-state index in [4.69, 9.17) is 0 Å². The summed E-state index contributed by atoms with van der Waals surface area (Å²) in [6.45, 7) is 0. The van der Waals surface area contributed by atoms with E-state index in [-0.39, 0.29) is 5.54 Å². The molecule has 1 aliphatic carbocycles. The highest BCUT2D eigenvalue weighted by Crippen LogP contribution is 2.49. The fourth-order valence-electron chi connectivity index (χ4n) is 1.96. The minimum atomic E-state index is -0.339. The topological polar surface area (TPSA) is 47.2 Å². The smallest absolute Gasteiger partial charge is 0.235 e. The van der Waals surface area contributed by atoms with Crippen LogP contribution in [0.4, 0.5) is 0 Å². The van der Waals surface area contributed by atoms with Crippen molar-refractivity contribution >= 4 is 6.08 Å². The number of nitrogens with zero attached hydrogens (tertiary/aromatic N) is 3. The number of isocyanates is 1. The van der Waals surface area contributed by atoms with Gasteiger partial charge in [-0.3, -0.25) is 0 Å². The van der Waals surface area contributed by atoms with Gasteiger partial charge < -0.3 is 0 Å². The molecule has 0 spiro atoms. The molecule has 0 saturated heterocycles. The largest absolute Gasteiger partial charge is 0.241 e. The summed E-state index contributed by atoms with van der Waals surface area (Å²) >= 11 is 0. The first kappa shape index (κ1) is 10.00. The second-order valence-corrected chi connectivity index (χ2v) is 4.24. The molecule has 0 atom stereocenters. The van der Waals surface area contributed by atoms with Crippen molar-refractivity contribution in [2.45, 2.75) is 18.4 Å². The average Bonchev–Trinajstić information content (AvgIpc) is 2.98. The Morgan fingerprint density at radius 1 is 1.29 bits per heavy atom. The van der Waals surface area contributed by atoms with Gasteiger partial charge in [-0.25, -0.2) is 9.48 Å². The van der Waals surface area contributed by atoms with Crippen LogP contribution in [-0.4, -0.2) is 15.9 Å². The van der Waals surface area contributed by atoms with Crippen molar-refractivity contribution < 1.29 is 4.79 Å². The molecule has 4 heteroatoms. The van der Waals surface area contributed by atoms with Gasteiger partial charge in [0.2, 0.25) is 6.08 Å². The van der Waals surface area contributed by atoms with Crippen LogP contribution in [0.3, 0.4) is 0 Å². The molecule has 0 aliphatic heterocycles. The Morgan fingerprint density at radius 3 is 2.71 bits per heavy atom. The molecule has 3 rings (SSSR count). The Balaban J connectivity index is 1.97. The van der Waals surface area contributed by atoms with Crippen molar-refractivity contribution in [2.24, 2.45) is 4.99 Å². The number of hydrogen-bond donors (Lipinski definition) is 0. The molecular formula is C13H11N3O. The summed E-state index contributed by atoms with van der Waals surface area (Å²) in [5.74, 6) is 0. The summed E-state index contributed by atoms with van der Waals surface area (Å²) in [6.07, 6.45) is 7.18.